The highest BCUT2D eigenvalue weighted by Crippen LogP contribution is 2.40. The average molecular weight is 473 g/mol. The van der Waals surface area contributed by atoms with Gasteiger partial charge < -0.3 is 4.74 Å². The molecule has 0 N–H and O–H groups in total. The number of aromatic nitrogens is 1. The standard InChI is InChI=1S/C29H19F4NO/c30-22-12-14-23(15-13-22)35-24-9-4-8-20(17-24)27-21(16-19-6-2-1-3-7-19)18-34-28-25(27)10-5-11-26(28)29(31,32)33/h1-15,17-18H,16H2. The molecule has 5 rings (SSSR count). The summed E-state index contributed by atoms with van der Waals surface area (Å²) < 4.78 is 60.4. The van der Waals surface area contributed by atoms with Crippen molar-refractivity contribution in [3.63, 3.8) is 0 Å². The van der Waals surface area contributed by atoms with Crippen molar-refractivity contribution in [3.8, 4) is 22.6 Å². The van der Waals surface area contributed by atoms with E-state index in [1.165, 1.54) is 36.5 Å². The molecular weight excluding hydrogens is 454 g/mol. The number of rotatable bonds is 5. The van der Waals surface area contributed by atoms with Crippen LogP contribution in [0.15, 0.2) is 103 Å². The highest BCUT2D eigenvalue weighted by Gasteiger charge is 2.33. The molecule has 0 spiro atoms. The molecule has 35 heavy (non-hydrogen) atoms. The maximum atomic E-state index is 13.7. The smallest absolute Gasteiger partial charge is 0.418 e. The third-order valence-corrected chi connectivity index (χ3v) is 5.69. The van der Waals surface area contributed by atoms with Gasteiger partial charge in [0.05, 0.1) is 11.1 Å². The molecule has 0 fully saturated rings. The minimum absolute atomic E-state index is 0.100. The first-order valence-electron chi connectivity index (χ1n) is 10.9. The van der Waals surface area contributed by atoms with Crippen LogP contribution in [0.4, 0.5) is 17.6 Å². The molecule has 1 aromatic heterocycles. The molecule has 0 saturated heterocycles. The maximum absolute atomic E-state index is 13.7. The molecule has 0 unspecified atom stereocenters. The lowest BCUT2D eigenvalue weighted by molar-refractivity contribution is -0.136. The van der Waals surface area contributed by atoms with E-state index in [1.54, 1.807) is 24.3 Å². The SMILES string of the molecule is Fc1ccc(Oc2cccc(-c3c(Cc4ccccc4)cnc4c(C(F)(F)F)cccc34)c2)cc1. The van der Waals surface area contributed by atoms with Crippen LogP contribution in [0, 0.1) is 5.82 Å². The first kappa shape index (κ1) is 22.6. The molecule has 0 aliphatic rings. The molecule has 1 heterocycles. The zero-order valence-corrected chi connectivity index (χ0v) is 18.4. The van der Waals surface area contributed by atoms with Gasteiger partial charge in [-0.25, -0.2) is 4.39 Å². The van der Waals surface area contributed by atoms with E-state index in [1.807, 2.05) is 36.4 Å². The van der Waals surface area contributed by atoms with E-state index in [9.17, 15) is 17.6 Å². The number of alkyl halides is 3. The van der Waals surface area contributed by atoms with Gasteiger partial charge in [0.25, 0.3) is 0 Å². The van der Waals surface area contributed by atoms with Gasteiger partial charge in [-0.05, 0) is 71.1 Å². The van der Waals surface area contributed by atoms with E-state index in [0.717, 1.165) is 17.2 Å². The molecular formula is C29H19F4NO. The number of fused-ring (bicyclic) bond motifs is 1. The molecule has 6 heteroatoms. The number of hydrogen-bond acceptors (Lipinski definition) is 2. The van der Waals surface area contributed by atoms with Gasteiger partial charge in [-0.3, -0.25) is 4.98 Å². The number of hydrogen-bond donors (Lipinski definition) is 0. The van der Waals surface area contributed by atoms with Gasteiger partial charge in [0.2, 0.25) is 0 Å². The Hall–Kier alpha value is -4.19. The number of ether oxygens (including phenoxy) is 1. The fourth-order valence-corrected chi connectivity index (χ4v) is 4.14. The molecule has 0 saturated carbocycles. The molecule has 0 atom stereocenters. The third kappa shape index (κ3) is 4.87. The van der Waals surface area contributed by atoms with Crippen molar-refractivity contribution in [1.82, 2.24) is 4.98 Å². The Labute approximate surface area is 199 Å². The van der Waals surface area contributed by atoms with Crippen LogP contribution >= 0.6 is 0 Å². The zero-order chi connectivity index (χ0) is 24.4. The second kappa shape index (κ2) is 9.22. The number of pyridine rings is 1. The zero-order valence-electron chi connectivity index (χ0n) is 18.4. The third-order valence-electron chi connectivity index (χ3n) is 5.69. The number of nitrogens with zero attached hydrogens (tertiary/aromatic N) is 1. The summed E-state index contributed by atoms with van der Waals surface area (Å²) in [5.41, 5.74) is 2.29. The summed E-state index contributed by atoms with van der Waals surface area (Å²) in [4.78, 5) is 4.24. The van der Waals surface area contributed by atoms with Crippen LogP contribution < -0.4 is 4.74 Å². The maximum Gasteiger partial charge on any atom is 0.418 e. The van der Waals surface area contributed by atoms with Crippen LogP contribution in [0.5, 0.6) is 11.5 Å². The van der Waals surface area contributed by atoms with Crippen LogP contribution in [0.3, 0.4) is 0 Å². The predicted octanol–water partition coefficient (Wildman–Crippen LogP) is 8.44. The Morgan fingerprint density at radius 2 is 1.49 bits per heavy atom. The molecule has 4 aromatic carbocycles. The molecule has 2 nitrogen and oxygen atoms in total. The molecule has 0 aliphatic heterocycles. The van der Waals surface area contributed by atoms with E-state index >= 15 is 0 Å². The lowest BCUT2D eigenvalue weighted by Crippen LogP contribution is -2.07. The Morgan fingerprint density at radius 3 is 2.23 bits per heavy atom. The Morgan fingerprint density at radius 1 is 0.743 bits per heavy atom. The predicted molar refractivity (Wildman–Crippen MR) is 128 cm³/mol. The van der Waals surface area contributed by atoms with Crippen LogP contribution in [-0.2, 0) is 12.6 Å². The normalized spacial score (nSPS) is 11.5. The fourth-order valence-electron chi connectivity index (χ4n) is 4.14. The highest BCUT2D eigenvalue weighted by molar-refractivity contribution is 5.98. The van der Waals surface area contributed by atoms with Gasteiger partial charge >= 0.3 is 6.18 Å². The van der Waals surface area contributed by atoms with Crippen LogP contribution in [0.2, 0.25) is 0 Å². The van der Waals surface area contributed by atoms with Crippen molar-refractivity contribution in [2.45, 2.75) is 12.6 Å². The quantitative estimate of drug-likeness (QED) is 0.239. The number of halogens is 4. The van der Waals surface area contributed by atoms with E-state index in [0.29, 0.717) is 34.4 Å². The Bertz CT molecular complexity index is 1480. The van der Waals surface area contributed by atoms with E-state index < -0.39 is 11.7 Å². The van der Waals surface area contributed by atoms with Gasteiger partial charge in [-0.15, -0.1) is 0 Å². The van der Waals surface area contributed by atoms with Gasteiger partial charge in [0, 0.05) is 11.6 Å². The van der Waals surface area contributed by atoms with E-state index in [-0.39, 0.29) is 11.3 Å². The first-order valence-corrected chi connectivity index (χ1v) is 10.9. The van der Waals surface area contributed by atoms with Crippen molar-refractivity contribution in [3.05, 3.63) is 126 Å². The summed E-state index contributed by atoms with van der Waals surface area (Å²) in [6, 6.07) is 26.5. The summed E-state index contributed by atoms with van der Waals surface area (Å²) in [5, 5.41) is 0.409. The van der Waals surface area contributed by atoms with Crippen molar-refractivity contribution in [2.24, 2.45) is 0 Å². The van der Waals surface area contributed by atoms with Gasteiger partial charge in [0.15, 0.2) is 0 Å². The van der Waals surface area contributed by atoms with Gasteiger partial charge in [0.1, 0.15) is 17.3 Å². The summed E-state index contributed by atoms with van der Waals surface area (Å²) >= 11 is 0. The molecule has 174 valence electrons. The molecule has 0 aliphatic carbocycles. The van der Waals surface area contributed by atoms with Crippen LogP contribution in [0.1, 0.15) is 16.7 Å². The van der Waals surface area contributed by atoms with Crippen LogP contribution in [0.25, 0.3) is 22.0 Å². The van der Waals surface area contributed by atoms with E-state index in [2.05, 4.69) is 4.98 Å². The minimum atomic E-state index is -4.53. The number of para-hydroxylation sites is 1. The van der Waals surface area contributed by atoms with Crippen molar-refractivity contribution < 1.29 is 22.3 Å². The van der Waals surface area contributed by atoms with Crippen LogP contribution in [-0.4, -0.2) is 4.98 Å². The van der Waals surface area contributed by atoms with Gasteiger partial charge in [-0.1, -0.05) is 54.6 Å². The monoisotopic (exact) mass is 473 g/mol. The highest BCUT2D eigenvalue weighted by atomic mass is 19.4. The summed E-state index contributed by atoms with van der Waals surface area (Å²) in [5.74, 6) is 0.559. The van der Waals surface area contributed by atoms with E-state index in [4.69, 9.17) is 4.74 Å². The average Bonchev–Trinajstić information content (AvgIpc) is 2.85. The Balaban J connectivity index is 1.67. The fraction of sp³-hybridized carbons (Fsp3) is 0.0690. The lowest BCUT2D eigenvalue weighted by atomic mass is 9.92. The topological polar surface area (TPSA) is 22.1 Å². The van der Waals surface area contributed by atoms with Gasteiger partial charge in [-0.2, -0.15) is 13.2 Å². The molecule has 0 radical (unpaired) electrons. The largest absolute Gasteiger partial charge is 0.457 e. The first-order chi connectivity index (χ1) is 16.9. The summed E-state index contributed by atoms with van der Waals surface area (Å²) in [6.07, 6.45) is -2.51. The Kier molecular flexibility index (Phi) is 5.95. The van der Waals surface area contributed by atoms with Crippen molar-refractivity contribution >= 4 is 10.9 Å². The molecule has 5 aromatic rings. The lowest BCUT2D eigenvalue weighted by Gasteiger charge is -2.17. The molecule has 0 bridgehead atoms. The van der Waals surface area contributed by atoms with Crippen molar-refractivity contribution in [1.29, 1.82) is 0 Å². The summed E-state index contributed by atoms with van der Waals surface area (Å²) in [6.45, 7) is 0. The second-order valence-corrected chi connectivity index (χ2v) is 8.10. The van der Waals surface area contributed by atoms with Crippen molar-refractivity contribution in [2.75, 3.05) is 0 Å². The minimum Gasteiger partial charge on any atom is -0.457 e. The molecule has 0 amide bonds. The summed E-state index contributed by atoms with van der Waals surface area (Å²) in [7, 11) is 0. The number of benzene rings is 4. The second-order valence-electron chi connectivity index (χ2n) is 8.10.